The Morgan fingerprint density at radius 3 is 2.64 bits per heavy atom. The molecule has 14 heavy (non-hydrogen) atoms. The Morgan fingerprint density at radius 1 is 1.29 bits per heavy atom. The minimum atomic E-state index is 1.06. The van der Waals surface area contributed by atoms with Crippen molar-refractivity contribution < 1.29 is 0 Å². The summed E-state index contributed by atoms with van der Waals surface area (Å²) < 4.78 is 0. The number of hydrogen-bond acceptors (Lipinski definition) is 0. The highest BCUT2D eigenvalue weighted by Gasteiger charge is 2.00. The molecule has 0 fully saturated rings. The van der Waals surface area contributed by atoms with E-state index in [2.05, 4.69) is 50.8 Å². The molecule has 0 bridgehead atoms. The Balaban J connectivity index is 3.15. The second-order valence-corrected chi connectivity index (χ2v) is 3.29. The standard InChI is InChI=1S/C14H18/c1-4-7-9-13-11-8-10-12(5-2)14(13)6-3/h6-11H,3-5H2,1-2H3/b9-7-. The molecule has 0 saturated carbocycles. The lowest BCUT2D eigenvalue weighted by molar-refractivity contribution is 1.13. The predicted octanol–water partition coefficient (Wildman–Crippen LogP) is 4.32. The molecule has 0 unspecified atom stereocenters. The van der Waals surface area contributed by atoms with Gasteiger partial charge in [0.15, 0.2) is 0 Å². The fourth-order valence-corrected chi connectivity index (χ4v) is 1.58. The first-order valence-electron chi connectivity index (χ1n) is 5.24. The smallest absolute Gasteiger partial charge is 0.0158 e. The summed E-state index contributed by atoms with van der Waals surface area (Å²) in [7, 11) is 0. The topological polar surface area (TPSA) is 0 Å². The lowest BCUT2D eigenvalue weighted by Gasteiger charge is -2.06. The normalized spacial score (nSPS) is 10.7. The van der Waals surface area contributed by atoms with Crippen LogP contribution in [0.25, 0.3) is 12.2 Å². The van der Waals surface area contributed by atoms with E-state index in [-0.39, 0.29) is 0 Å². The van der Waals surface area contributed by atoms with Gasteiger partial charge >= 0.3 is 0 Å². The SMILES string of the molecule is C=Cc1c(/C=C\CC)cccc1CC. The molecule has 0 spiro atoms. The summed E-state index contributed by atoms with van der Waals surface area (Å²) in [6.45, 7) is 8.20. The van der Waals surface area contributed by atoms with Crippen molar-refractivity contribution in [1.29, 1.82) is 0 Å². The first kappa shape index (κ1) is 10.8. The summed E-state index contributed by atoms with van der Waals surface area (Å²) in [6.07, 6.45) is 8.45. The summed E-state index contributed by atoms with van der Waals surface area (Å²) in [6, 6.07) is 6.42. The van der Waals surface area contributed by atoms with Crippen molar-refractivity contribution in [2.45, 2.75) is 26.7 Å². The molecule has 0 radical (unpaired) electrons. The molecular weight excluding hydrogens is 168 g/mol. The van der Waals surface area contributed by atoms with Gasteiger partial charge in [0.1, 0.15) is 0 Å². The highest BCUT2D eigenvalue weighted by Crippen LogP contribution is 2.18. The van der Waals surface area contributed by atoms with E-state index < -0.39 is 0 Å². The van der Waals surface area contributed by atoms with E-state index >= 15 is 0 Å². The van der Waals surface area contributed by atoms with Gasteiger partial charge in [-0.1, -0.05) is 56.9 Å². The van der Waals surface area contributed by atoms with E-state index in [1.165, 1.54) is 16.7 Å². The maximum atomic E-state index is 3.87. The summed E-state index contributed by atoms with van der Waals surface area (Å²) >= 11 is 0. The van der Waals surface area contributed by atoms with E-state index in [0.717, 1.165) is 12.8 Å². The molecule has 0 atom stereocenters. The minimum absolute atomic E-state index is 1.06. The summed E-state index contributed by atoms with van der Waals surface area (Å²) in [4.78, 5) is 0. The Kier molecular flexibility index (Phi) is 4.18. The van der Waals surface area contributed by atoms with Crippen molar-refractivity contribution in [2.75, 3.05) is 0 Å². The number of benzene rings is 1. The molecule has 0 aliphatic carbocycles. The van der Waals surface area contributed by atoms with Gasteiger partial charge in [0.25, 0.3) is 0 Å². The fraction of sp³-hybridized carbons (Fsp3) is 0.286. The Morgan fingerprint density at radius 2 is 2.07 bits per heavy atom. The third kappa shape index (κ3) is 2.35. The van der Waals surface area contributed by atoms with Gasteiger partial charge < -0.3 is 0 Å². The van der Waals surface area contributed by atoms with Crippen molar-refractivity contribution >= 4 is 12.2 Å². The average Bonchev–Trinajstić information content (AvgIpc) is 2.25. The van der Waals surface area contributed by atoms with Crippen LogP contribution in [-0.4, -0.2) is 0 Å². The van der Waals surface area contributed by atoms with E-state index in [9.17, 15) is 0 Å². The average molecular weight is 186 g/mol. The van der Waals surface area contributed by atoms with Crippen molar-refractivity contribution in [3.05, 3.63) is 47.5 Å². The molecule has 1 rings (SSSR count). The van der Waals surface area contributed by atoms with Crippen LogP contribution in [0.5, 0.6) is 0 Å². The van der Waals surface area contributed by atoms with Crippen molar-refractivity contribution in [1.82, 2.24) is 0 Å². The Labute approximate surface area is 87.0 Å². The number of rotatable bonds is 4. The molecule has 0 N–H and O–H groups in total. The minimum Gasteiger partial charge on any atom is -0.0984 e. The summed E-state index contributed by atoms with van der Waals surface area (Å²) in [5.74, 6) is 0. The van der Waals surface area contributed by atoms with Crippen LogP contribution in [0.1, 0.15) is 37.0 Å². The first-order valence-corrected chi connectivity index (χ1v) is 5.24. The molecule has 0 aliphatic heterocycles. The number of allylic oxidation sites excluding steroid dienone is 1. The van der Waals surface area contributed by atoms with Crippen molar-refractivity contribution in [2.24, 2.45) is 0 Å². The third-order valence-electron chi connectivity index (χ3n) is 2.35. The summed E-state index contributed by atoms with van der Waals surface area (Å²) in [5, 5.41) is 0. The Bertz CT molecular complexity index is 332. The van der Waals surface area contributed by atoms with Gasteiger partial charge in [-0.15, -0.1) is 0 Å². The fourth-order valence-electron chi connectivity index (χ4n) is 1.58. The summed E-state index contributed by atoms with van der Waals surface area (Å²) in [5.41, 5.74) is 3.93. The molecule has 74 valence electrons. The molecule has 1 aromatic rings. The third-order valence-corrected chi connectivity index (χ3v) is 2.35. The number of aryl methyl sites for hydroxylation is 1. The van der Waals surface area contributed by atoms with Crippen LogP contribution in [-0.2, 0) is 6.42 Å². The van der Waals surface area contributed by atoms with Gasteiger partial charge in [0.05, 0.1) is 0 Å². The van der Waals surface area contributed by atoms with Crippen LogP contribution < -0.4 is 0 Å². The van der Waals surface area contributed by atoms with Gasteiger partial charge in [-0.3, -0.25) is 0 Å². The van der Waals surface area contributed by atoms with Gasteiger partial charge in [0.2, 0.25) is 0 Å². The van der Waals surface area contributed by atoms with Gasteiger partial charge in [-0.25, -0.2) is 0 Å². The largest absolute Gasteiger partial charge is 0.0984 e. The maximum Gasteiger partial charge on any atom is -0.0158 e. The molecule has 0 aromatic heterocycles. The van der Waals surface area contributed by atoms with Crippen LogP contribution >= 0.6 is 0 Å². The lowest BCUT2D eigenvalue weighted by Crippen LogP contribution is -1.89. The monoisotopic (exact) mass is 186 g/mol. The van der Waals surface area contributed by atoms with Crippen LogP contribution in [0.3, 0.4) is 0 Å². The quantitative estimate of drug-likeness (QED) is 0.657. The van der Waals surface area contributed by atoms with E-state index in [1.54, 1.807) is 0 Å². The van der Waals surface area contributed by atoms with Crippen LogP contribution in [0.2, 0.25) is 0 Å². The van der Waals surface area contributed by atoms with Gasteiger partial charge in [0, 0.05) is 0 Å². The van der Waals surface area contributed by atoms with Crippen LogP contribution in [0.4, 0.5) is 0 Å². The number of hydrogen-bond donors (Lipinski definition) is 0. The highest BCUT2D eigenvalue weighted by molar-refractivity contribution is 5.67. The highest BCUT2D eigenvalue weighted by atomic mass is 14.0. The molecule has 0 aliphatic rings. The molecule has 0 nitrogen and oxygen atoms in total. The molecule has 0 heterocycles. The predicted molar refractivity (Wildman–Crippen MR) is 65.2 cm³/mol. The van der Waals surface area contributed by atoms with Crippen molar-refractivity contribution in [3.8, 4) is 0 Å². The van der Waals surface area contributed by atoms with E-state index in [0.29, 0.717) is 0 Å². The van der Waals surface area contributed by atoms with Crippen LogP contribution in [0.15, 0.2) is 30.9 Å². The first-order chi connectivity index (χ1) is 6.83. The zero-order valence-corrected chi connectivity index (χ0v) is 9.09. The van der Waals surface area contributed by atoms with E-state index in [1.807, 2.05) is 6.08 Å². The molecule has 1 aromatic carbocycles. The van der Waals surface area contributed by atoms with Crippen LogP contribution in [0, 0.1) is 0 Å². The lowest BCUT2D eigenvalue weighted by atomic mass is 9.99. The second kappa shape index (κ2) is 5.43. The Hall–Kier alpha value is -1.30. The van der Waals surface area contributed by atoms with E-state index in [4.69, 9.17) is 0 Å². The van der Waals surface area contributed by atoms with Gasteiger partial charge in [-0.2, -0.15) is 0 Å². The maximum absolute atomic E-state index is 3.87. The second-order valence-electron chi connectivity index (χ2n) is 3.29. The zero-order chi connectivity index (χ0) is 10.4. The molecular formula is C14H18. The molecule has 0 amide bonds. The molecule has 0 heteroatoms. The zero-order valence-electron chi connectivity index (χ0n) is 9.09. The molecule has 0 saturated heterocycles. The van der Waals surface area contributed by atoms with Crippen molar-refractivity contribution in [3.63, 3.8) is 0 Å². The van der Waals surface area contributed by atoms with Gasteiger partial charge in [-0.05, 0) is 29.5 Å².